The Morgan fingerprint density at radius 2 is 2.00 bits per heavy atom. The number of thiophene rings is 1. The van der Waals surface area contributed by atoms with Gasteiger partial charge in [-0.15, -0.1) is 11.3 Å². The van der Waals surface area contributed by atoms with E-state index in [9.17, 15) is 9.50 Å². The van der Waals surface area contributed by atoms with Crippen LogP contribution in [0.1, 0.15) is 35.2 Å². The Morgan fingerprint density at radius 3 is 2.65 bits per heavy atom. The van der Waals surface area contributed by atoms with E-state index in [4.69, 9.17) is 0 Å². The monoisotopic (exact) mass is 293 g/mol. The maximum Gasteiger partial charge on any atom is 0.123 e. The van der Waals surface area contributed by atoms with Crippen molar-refractivity contribution >= 4 is 11.3 Å². The van der Waals surface area contributed by atoms with Crippen LogP contribution in [-0.4, -0.2) is 11.1 Å². The summed E-state index contributed by atoms with van der Waals surface area (Å²) < 4.78 is 13.3. The van der Waals surface area contributed by atoms with Gasteiger partial charge in [-0.3, -0.25) is 0 Å². The molecule has 0 saturated heterocycles. The molecular weight excluding hydrogens is 273 g/mol. The summed E-state index contributed by atoms with van der Waals surface area (Å²) in [5.74, 6) is -0.196. The molecule has 0 bridgehead atoms. The number of rotatable bonds is 5. The van der Waals surface area contributed by atoms with E-state index in [0.29, 0.717) is 5.56 Å². The fraction of sp³-hybridized carbons (Fsp3) is 0.375. The van der Waals surface area contributed by atoms with Crippen LogP contribution in [0.15, 0.2) is 30.3 Å². The first-order chi connectivity index (χ1) is 9.45. The topological polar surface area (TPSA) is 32.3 Å². The standard InChI is InChI=1S/C16H20FNOS/c1-10(8-14-6-4-11(2)20-14)18-12(3)15-9-13(17)5-7-16(15)19/h4-7,9-10,12,18-19H,8H2,1-3H3. The first-order valence-corrected chi connectivity index (χ1v) is 7.57. The van der Waals surface area contributed by atoms with Crippen LogP contribution in [0.5, 0.6) is 5.75 Å². The third-order valence-corrected chi connectivity index (χ3v) is 4.32. The molecule has 0 saturated carbocycles. The van der Waals surface area contributed by atoms with Crippen molar-refractivity contribution in [2.45, 2.75) is 39.3 Å². The third-order valence-electron chi connectivity index (χ3n) is 3.29. The number of hydrogen-bond acceptors (Lipinski definition) is 3. The van der Waals surface area contributed by atoms with E-state index in [1.165, 1.54) is 28.0 Å². The molecule has 0 radical (unpaired) electrons. The van der Waals surface area contributed by atoms with Crippen LogP contribution in [0.4, 0.5) is 4.39 Å². The maximum absolute atomic E-state index is 13.3. The number of halogens is 1. The van der Waals surface area contributed by atoms with Gasteiger partial charge in [-0.25, -0.2) is 4.39 Å². The van der Waals surface area contributed by atoms with Crippen molar-refractivity contribution in [1.29, 1.82) is 0 Å². The van der Waals surface area contributed by atoms with E-state index < -0.39 is 0 Å². The lowest BCUT2D eigenvalue weighted by molar-refractivity contribution is 0.431. The van der Waals surface area contributed by atoms with Gasteiger partial charge in [-0.05, 0) is 57.5 Å². The lowest BCUT2D eigenvalue weighted by atomic mass is 10.1. The van der Waals surface area contributed by atoms with E-state index in [0.717, 1.165) is 6.42 Å². The number of aromatic hydroxyl groups is 1. The van der Waals surface area contributed by atoms with Gasteiger partial charge in [-0.2, -0.15) is 0 Å². The van der Waals surface area contributed by atoms with E-state index in [-0.39, 0.29) is 23.7 Å². The molecule has 2 unspecified atom stereocenters. The maximum atomic E-state index is 13.3. The Kier molecular flexibility index (Phi) is 4.78. The van der Waals surface area contributed by atoms with Gasteiger partial charge in [-0.1, -0.05) is 0 Å². The molecule has 0 spiro atoms. The zero-order chi connectivity index (χ0) is 14.7. The number of benzene rings is 1. The van der Waals surface area contributed by atoms with Crippen molar-refractivity contribution < 1.29 is 9.50 Å². The molecule has 4 heteroatoms. The second-order valence-corrected chi connectivity index (χ2v) is 6.58. The van der Waals surface area contributed by atoms with Gasteiger partial charge in [0, 0.05) is 27.4 Å². The minimum atomic E-state index is -0.326. The summed E-state index contributed by atoms with van der Waals surface area (Å²) in [6.45, 7) is 6.13. The molecule has 0 aliphatic carbocycles. The highest BCUT2D eigenvalue weighted by molar-refractivity contribution is 7.11. The van der Waals surface area contributed by atoms with Gasteiger partial charge in [0.25, 0.3) is 0 Å². The number of phenols is 1. The van der Waals surface area contributed by atoms with Crippen LogP contribution in [0, 0.1) is 12.7 Å². The molecule has 108 valence electrons. The fourth-order valence-electron chi connectivity index (χ4n) is 2.34. The van der Waals surface area contributed by atoms with Crippen LogP contribution in [-0.2, 0) is 6.42 Å². The van der Waals surface area contributed by atoms with Gasteiger partial charge in [0.1, 0.15) is 11.6 Å². The van der Waals surface area contributed by atoms with Crippen LogP contribution in [0.25, 0.3) is 0 Å². The second kappa shape index (κ2) is 6.37. The molecule has 0 fully saturated rings. The molecule has 2 N–H and O–H groups in total. The fourth-order valence-corrected chi connectivity index (χ4v) is 3.36. The van der Waals surface area contributed by atoms with Gasteiger partial charge in [0.15, 0.2) is 0 Å². The highest BCUT2D eigenvalue weighted by Gasteiger charge is 2.14. The minimum absolute atomic E-state index is 0.0956. The Bertz CT molecular complexity index is 582. The zero-order valence-corrected chi connectivity index (χ0v) is 12.8. The molecule has 0 aliphatic heterocycles. The summed E-state index contributed by atoms with van der Waals surface area (Å²) in [5.41, 5.74) is 0.596. The quantitative estimate of drug-likeness (QED) is 0.866. The summed E-state index contributed by atoms with van der Waals surface area (Å²) in [6, 6.07) is 8.47. The normalized spacial score (nSPS) is 14.2. The first-order valence-electron chi connectivity index (χ1n) is 6.75. The number of aryl methyl sites for hydroxylation is 1. The lowest BCUT2D eigenvalue weighted by Gasteiger charge is -2.20. The summed E-state index contributed by atoms with van der Waals surface area (Å²) in [5, 5.41) is 13.2. The van der Waals surface area contributed by atoms with Crippen LogP contribution in [0.3, 0.4) is 0 Å². The van der Waals surface area contributed by atoms with E-state index in [1.807, 2.05) is 6.92 Å². The molecule has 2 atom stereocenters. The second-order valence-electron chi connectivity index (χ2n) is 5.21. The van der Waals surface area contributed by atoms with E-state index >= 15 is 0 Å². The average Bonchev–Trinajstić information content (AvgIpc) is 2.77. The summed E-state index contributed by atoms with van der Waals surface area (Å²) >= 11 is 1.80. The predicted molar refractivity (Wildman–Crippen MR) is 81.8 cm³/mol. The van der Waals surface area contributed by atoms with Crippen molar-refractivity contribution in [3.8, 4) is 5.75 Å². The predicted octanol–water partition coefficient (Wildman–Crippen LogP) is 4.18. The Labute approximate surface area is 123 Å². The molecule has 1 aromatic carbocycles. The van der Waals surface area contributed by atoms with Crippen LogP contribution >= 0.6 is 11.3 Å². The molecular formula is C16H20FNOS. The van der Waals surface area contributed by atoms with Crippen molar-refractivity contribution in [3.63, 3.8) is 0 Å². The van der Waals surface area contributed by atoms with Crippen LogP contribution < -0.4 is 5.32 Å². The van der Waals surface area contributed by atoms with Gasteiger partial charge >= 0.3 is 0 Å². The highest BCUT2D eigenvalue weighted by Crippen LogP contribution is 2.25. The van der Waals surface area contributed by atoms with Crippen molar-refractivity contribution in [3.05, 3.63) is 51.5 Å². The molecule has 20 heavy (non-hydrogen) atoms. The third kappa shape index (κ3) is 3.81. The minimum Gasteiger partial charge on any atom is -0.508 e. The SMILES string of the molecule is Cc1ccc(CC(C)NC(C)c2cc(F)ccc2O)s1. The first kappa shape index (κ1) is 15.0. The molecule has 0 amide bonds. The summed E-state index contributed by atoms with van der Waals surface area (Å²) in [4.78, 5) is 2.64. The van der Waals surface area contributed by atoms with E-state index in [1.54, 1.807) is 11.3 Å². The molecule has 0 aliphatic rings. The number of phenolic OH excluding ortho intramolecular Hbond substituents is 1. The van der Waals surface area contributed by atoms with E-state index in [2.05, 4.69) is 31.3 Å². The highest BCUT2D eigenvalue weighted by atomic mass is 32.1. The van der Waals surface area contributed by atoms with Crippen molar-refractivity contribution in [2.75, 3.05) is 0 Å². The number of nitrogens with one attached hydrogen (secondary N) is 1. The molecule has 1 aromatic heterocycles. The van der Waals surface area contributed by atoms with Gasteiger partial charge in [0.05, 0.1) is 0 Å². The number of hydrogen-bond donors (Lipinski definition) is 2. The van der Waals surface area contributed by atoms with Crippen molar-refractivity contribution in [2.24, 2.45) is 0 Å². The Balaban J connectivity index is 1.99. The van der Waals surface area contributed by atoms with Gasteiger partial charge in [0.2, 0.25) is 0 Å². The lowest BCUT2D eigenvalue weighted by Crippen LogP contribution is -2.30. The Morgan fingerprint density at radius 1 is 1.25 bits per heavy atom. The smallest absolute Gasteiger partial charge is 0.123 e. The average molecular weight is 293 g/mol. The Hall–Kier alpha value is -1.39. The largest absolute Gasteiger partial charge is 0.508 e. The van der Waals surface area contributed by atoms with Gasteiger partial charge < -0.3 is 10.4 Å². The summed E-state index contributed by atoms with van der Waals surface area (Å²) in [7, 11) is 0. The molecule has 2 nitrogen and oxygen atoms in total. The zero-order valence-electron chi connectivity index (χ0n) is 12.0. The molecule has 2 aromatic rings. The van der Waals surface area contributed by atoms with Crippen molar-refractivity contribution in [1.82, 2.24) is 5.32 Å². The summed E-state index contributed by atoms with van der Waals surface area (Å²) in [6.07, 6.45) is 0.929. The molecule has 1 heterocycles. The van der Waals surface area contributed by atoms with Crippen LogP contribution in [0.2, 0.25) is 0 Å². The molecule has 2 rings (SSSR count).